The third-order valence-corrected chi connectivity index (χ3v) is 6.72. The summed E-state index contributed by atoms with van der Waals surface area (Å²) in [6.07, 6.45) is 1.69. The topological polar surface area (TPSA) is 96.8 Å². The van der Waals surface area contributed by atoms with Crippen LogP contribution in [0.3, 0.4) is 0 Å². The molecule has 12 heteroatoms. The zero-order chi connectivity index (χ0) is 22.7. The Morgan fingerprint density at radius 3 is 2.58 bits per heavy atom. The molecule has 0 saturated heterocycles. The highest BCUT2D eigenvalue weighted by Crippen LogP contribution is 2.47. The van der Waals surface area contributed by atoms with Gasteiger partial charge in [0.25, 0.3) is 0 Å². The molecule has 31 heavy (non-hydrogen) atoms. The summed E-state index contributed by atoms with van der Waals surface area (Å²) in [4.78, 5) is 43.4. The van der Waals surface area contributed by atoms with Gasteiger partial charge < -0.3 is 9.57 Å². The lowest BCUT2D eigenvalue weighted by molar-refractivity contribution is -0.168. The number of aromatic nitrogens is 3. The van der Waals surface area contributed by atoms with Crippen LogP contribution in [0.4, 0.5) is 4.39 Å². The Kier molecular flexibility index (Phi) is 5.13. The number of methoxy groups -OCH3 is 1. The van der Waals surface area contributed by atoms with Crippen molar-refractivity contribution in [2.75, 3.05) is 7.11 Å². The lowest BCUT2D eigenvalue weighted by atomic mass is 9.84. The number of halogens is 2. The van der Waals surface area contributed by atoms with Gasteiger partial charge >= 0.3 is 17.3 Å². The average molecular weight is 469 g/mol. The van der Waals surface area contributed by atoms with Crippen molar-refractivity contribution < 1.29 is 18.8 Å². The molecule has 2 aliphatic rings. The van der Waals surface area contributed by atoms with Crippen LogP contribution in [0.15, 0.2) is 26.9 Å². The molecule has 0 spiro atoms. The molecule has 9 nitrogen and oxygen atoms in total. The Bertz CT molecular complexity index is 1290. The number of nitrogens with zero attached hydrogens (tertiary/aromatic N) is 4. The van der Waals surface area contributed by atoms with Gasteiger partial charge in [-0.1, -0.05) is 16.8 Å². The average Bonchev–Trinajstić information content (AvgIpc) is 3.32. The highest BCUT2D eigenvalue weighted by molar-refractivity contribution is 7.71. The Balaban J connectivity index is 1.92. The monoisotopic (exact) mass is 468 g/mol. The number of hydrogen-bond acceptors (Lipinski definition) is 7. The molecule has 4 rings (SSSR count). The fraction of sp³-hybridized carbons (Fsp3) is 0.421. The van der Waals surface area contributed by atoms with Crippen molar-refractivity contribution in [3.05, 3.63) is 54.3 Å². The van der Waals surface area contributed by atoms with Crippen molar-refractivity contribution in [1.82, 2.24) is 13.7 Å². The molecular formula is C19H18ClFN4O5S. The molecule has 164 valence electrons. The molecule has 0 N–H and O–H groups in total. The van der Waals surface area contributed by atoms with Gasteiger partial charge in [0, 0.05) is 26.1 Å². The van der Waals surface area contributed by atoms with Gasteiger partial charge in [0.15, 0.2) is 4.77 Å². The molecule has 1 aromatic carbocycles. The van der Waals surface area contributed by atoms with Crippen LogP contribution in [0.25, 0.3) is 5.69 Å². The third-order valence-electron chi connectivity index (χ3n) is 5.86. The minimum atomic E-state index is -1.26. The van der Waals surface area contributed by atoms with Gasteiger partial charge in [-0.15, -0.1) is 0 Å². The van der Waals surface area contributed by atoms with E-state index in [0.29, 0.717) is 29.5 Å². The summed E-state index contributed by atoms with van der Waals surface area (Å²) in [5, 5.41) is 4.07. The van der Waals surface area contributed by atoms with Crippen LogP contribution in [0.5, 0.6) is 0 Å². The van der Waals surface area contributed by atoms with Gasteiger partial charge in [-0.2, -0.15) is 0 Å². The predicted molar refractivity (Wildman–Crippen MR) is 112 cm³/mol. The number of fused-ring (bicyclic) bond motifs is 1. The van der Waals surface area contributed by atoms with E-state index in [0.717, 1.165) is 15.2 Å². The molecule has 0 amide bonds. The summed E-state index contributed by atoms with van der Waals surface area (Å²) < 4.78 is 22.6. The SMILES string of the molecule is COC(=O)C12CCCC1C(c1cc(-n3c(=O)n(C)c(=S)n(C)c3=O)c(F)cc1Cl)=NO2. The molecule has 2 atom stereocenters. The third kappa shape index (κ3) is 2.98. The number of oxime groups is 1. The molecular weight excluding hydrogens is 451 g/mol. The molecule has 2 aromatic rings. The van der Waals surface area contributed by atoms with Crippen molar-refractivity contribution in [2.45, 2.75) is 24.9 Å². The van der Waals surface area contributed by atoms with Crippen LogP contribution >= 0.6 is 23.8 Å². The van der Waals surface area contributed by atoms with Crippen molar-refractivity contribution in [3.63, 3.8) is 0 Å². The first-order chi connectivity index (χ1) is 14.6. The molecule has 2 unspecified atom stereocenters. The van der Waals surface area contributed by atoms with Crippen molar-refractivity contribution >= 4 is 35.5 Å². The van der Waals surface area contributed by atoms with Gasteiger partial charge in [-0.3, -0.25) is 9.13 Å². The predicted octanol–water partition coefficient (Wildman–Crippen LogP) is 1.84. The molecule has 0 radical (unpaired) electrons. The van der Waals surface area contributed by atoms with Crippen molar-refractivity contribution in [2.24, 2.45) is 25.2 Å². The van der Waals surface area contributed by atoms with Crippen LogP contribution in [-0.2, 0) is 28.5 Å². The van der Waals surface area contributed by atoms with Crippen LogP contribution < -0.4 is 11.4 Å². The van der Waals surface area contributed by atoms with Crippen molar-refractivity contribution in [3.8, 4) is 5.69 Å². The minimum absolute atomic E-state index is 0.00491. The lowest BCUT2D eigenvalue weighted by Gasteiger charge is -2.23. The number of carbonyl (C=O) groups excluding carboxylic acids is 1. The standard InChI is InChI=1S/C19H18ClFN4O5S/c1-23-16(27)25(17(28)24(2)18(23)31)13-7-9(11(20)8-12(13)21)14-10-5-4-6-19(10,30-22-14)15(26)29-3/h7-8,10H,4-6H2,1-3H3. The molecule has 1 fully saturated rings. The van der Waals surface area contributed by atoms with E-state index in [9.17, 15) is 18.8 Å². The van der Waals surface area contributed by atoms with Gasteiger partial charge in [-0.05, 0) is 37.2 Å². The number of carbonyl (C=O) groups is 1. The number of hydrogen-bond donors (Lipinski definition) is 0. The van der Waals surface area contributed by atoms with Crippen LogP contribution in [0.2, 0.25) is 5.02 Å². The summed E-state index contributed by atoms with van der Waals surface area (Å²) in [5.41, 5.74) is -2.60. The zero-order valence-electron chi connectivity index (χ0n) is 16.8. The lowest BCUT2D eigenvalue weighted by Crippen LogP contribution is -2.44. The first-order valence-electron chi connectivity index (χ1n) is 9.37. The maximum absolute atomic E-state index is 14.9. The summed E-state index contributed by atoms with van der Waals surface area (Å²) in [5.74, 6) is -1.89. The Hall–Kier alpha value is -2.79. The number of esters is 1. The fourth-order valence-corrected chi connectivity index (χ4v) is 4.61. The van der Waals surface area contributed by atoms with E-state index in [2.05, 4.69) is 5.16 Å². The molecule has 2 heterocycles. The van der Waals surface area contributed by atoms with E-state index < -0.39 is 34.7 Å². The highest BCUT2D eigenvalue weighted by atomic mass is 35.5. The number of benzene rings is 1. The number of ether oxygens (including phenoxy) is 1. The van der Waals surface area contributed by atoms with E-state index in [1.54, 1.807) is 0 Å². The first-order valence-corrected chi connectivity index (χ1v) is 10.2. The van der Waals surface area contributed by atoms with E-state index >= 15 is 0 Å². The van der Waals surface area contributed by atoms with Gasteiger partial charge in [-0.25, -0.2) is 23.3 Å². The molecule has 1 aromatic heterocycles. The highest BCUT2D eigenvalue weighted by Gasteiger charge is 2.59. The Morgan fingerprint density at radius 2 is 1.97 bits per heavy atom. The Morgan fingerprint density at radius 1 is 1.32 bits per heavy atom. The summed E-state index contributed by atoms with van der Waals surface area (Å²) in [7, 11) is 4.03. The van der Waals surface area contributed by atoms with Crippen molar-refractivity contribution in [1.29, 1.82) is 0 Å². The summed E-state index contributed by atoms with van der Waals surface area (Å²) >= 11 is 11.4. The van der Waals surface area contributed by atoms with Crippen LogP contribution in [0, 0.1) is 16.5 Å². The quantitative estimate of drug-likeness (QED) is 0.503. The normalized spacial score (nSPS) is 22.1. The van der Waals surface area contributed by atoms with E-state index in [1.807, 2.05) is 0 Å². The van der Waals surface area contributed by atoms with Gasteiger partial charge in [0.2, 0.25) is 5.60 Å². The Labute approximate surface area is 185 Å². The van der Waals surface area contributed by atoms with E-state index in [1.165, 1.54) is 27.3 Å². The van der Waals surface area contributed by atoms with Crippen LogP contribution in [-0.4, -0.2) is 38.1 Å². The fourth-order valence-electron chi connectivity index (χ4n) is 4.21. The second-order valence-electron chi connectivity index (χ2n) is 7.48. The molecule has 0 bridgehead atoms. The maximum Gasteiger partial charge on any atom is 0.353 e. The molecule has 1 saturated carbocycles. The maximum atomic E-state index is 14.9. The number of rotatable bonds is 3. The summed E-state index contributed by atoms with van der Waals surface area (Å²) in [6, 6.07) is 2.26. The van der Waals surface area contributed by atoms with E-state index in [4.69, 9.17) is 33.4 Å². The van der Waals surface area contributed by atoms with Crippen LogP contribution in [0.1, 0.15) is 24.8 Å². The zero-order valence-corrected chi connectivity index (χ0v) is 18.4. The second kappa shape index (κ2) is 7.41. The smallest absolute Gasteiger partial charge is 0.353 e. The largest absolute Gasteiger partial charge is 0.466 e. The van der Waals surface area contributed by atoms with Gasteiger partial charge in [0.1, 0.15) is 5.82 Å². The van der Waals surface area contributed by atoms with E-state index in [-0.39, 0.29) is 21.0 Å². The second-order valence-corrected chi connectivity index (χ2v) is 8.25. The summed E-state index contributed by atoms with van der Waals surface area (Å²) in [6.45, 7) is 0. The molecule has 1 aliphatic heterocycles. The van der Waals surface area contributed by atoms with Gasteiger partial charge in [0.05, 0.1) is 29.4 Å². The first kappa shape index (κ1) is 21.4. The molecule has 1 aliphatic carbocycles. The minimum Gasteiger partial charge on any atom is -0.466 e.